The number of aromatic nitrogens is 3. The first-order valence-corrected chi connectivity index (χ1v) is 12.9. The van der Waals surface area contributed by atoms with E-state index in [1.54, 1.807) is 49.6 Å². The number of phenols is 1. The molecule has 2 aliphatic heterocycles. The minimum atomic E-state index is -0.325. The van der Waals surface area contributed by atoms with Crippen molar-refractivity contribution >= 4 is 35.1 Å². The Morgan fingerprint density at radius 3 is 1.97 bits per heavy atom. The summed E-state index contributed by atoms with van der Waals surface area (Å²) in [5, 5.41) is 16.6. The van der Waals surface area contributed by atoms with Gasteiger partial charge in [-0.1, -0.05) is 0 Å². The summed E-state index contributed by atoms with van der Waals surface area (Å²) in [5.41, 5.74) is 1.38. The number of benzene rings is 2. The third kappa shape index (κ3) is 6.02. The first-order chi connectivity index (χ1) is 18.1. The molecule has 0 saturated carbocycles. The normalized spacial score (nSPS) is 15.8. The second-order valence-corrected chi connectivity index (χ2v) is 9.39. The molecule has 194 valence electrons. The van der Waals surface area contributed by atoms with Crippen LogP contribution in [-0.2, 0) is 0 Å². The van der Waals surface area contributed by atoms with Crippen molar-refractivity contribution in [3.63, 3.8) is 0 Å². The van der Waals surface area contributed by atoms with Crippen molar-refractivity contribution in [2.24, 2.45) is 0 Å². The van der Waals surface area contributed by atoms with Crippen LogP contribution in [0.2, 0.25) is 0 Å². The van der Waals surface area contributed by atoms with Crippen LogP contribution in [0.1, 0.15) is 48.9 Å². The van der Waals surface area contributed by atoms with E-state index in [2.05, 4.69) is 20.4 Å². The molecule has 0 atom stereocenters. The van der Waals surface area contributed by atoms with Crippen molar-refractivity contribution in [2.75, 3.05) is 53.7 Å². The largest absolute Gasteiger partial charge is 0.506 e. The van der Waals surface area contributed by atoms with E-state index >= 15 is 0 Å². The highest BCUT2D eigenvalue weighted by Crippen LogP contribution is 2.30. The van der Waals surface area contributed by atoms with Gasteiger partial charge in [0.1, 0.15) is 11.5 Å². The van der Waals surface area contributed by atoms with Crippen LogP contribution >= 0.6 is 0 Å². The molecule has 3 heterocycles. The molecule has 0 bridgehead atoms. The first kappa shape index (κ1) is 24.6. The van der Waals surface area contributed by atoms with E-state index in [4.69, 9.17) is 19.7 Å². The Labute approximate surface area is 216 Å². The maximum atomic E-state index is 12.6. The van der Waals surface area contributed by atoms with E-state index in [0.29, 0.717) is 40.5 Å². The van der Waals surface area contributed by atoms with Gasteiger partial charge in [0.2, 0.25) is 17.8 Å². The molecule has 10 heteroatoms. The van der Waals surface area contributed by atoms with Crippen LogP contribution in [0.25, 0.3) is 0 Å². The van der Waals surface area contributed by atoms with Crippen LogP contribution in [-0.4, -0.2) is 59.3 Å². The van der Waals surface area contributed by atoms with Crippen LogP contribution in [0.4, 0.5) is 29.2 Å². The number of carbonyl (C=O) groups excluding carboxylic acids is 1. The molecular weight excluding hydrogens is 470 g/mol. The van der Waals surface area contributed by atoms with Crippen molar-refractivity contribution in [1.82, 2.24) is 15.0 Å². The molecule has 3 N–H and O–H groups in total. The maximum Gasteiger partial charge on any atom is 0.255 e. The van der Waals surface area contributed by atoms with Gasteiger partial charge in [0.05, 0.1) is 12.8 Å². The molecular formula is C27H33N7O3. The standard InChI is InChI=1S/C27H33N7O3/c1-37-21-11-8-19(9-12-21)24(36)29-22-13-10-20(18-23(22)35)28-25-30-26(33-14-4-2-5-15-33)32-27(31-25)34-16-6-3-7-17-34/h8-13,18,35H,2-7,14-17H2,1H3,(H,29,36)(H,28,30,31,32). The van der Waals surface area contributed by atoms with E-state index < -0.39 is 0 Å². The summed E-state index contributed by atoms with van der Waals surface area (Å²) in [6.45, 7) is 3.75. The monoisotopic (exact) mass is 503 g/mol. The van der Waals surface area contributed by atoms with Crippen molar-refractivity contribution < 1.29 is 14.6 Å². The minimum absolute atomic E-state index is 0.0616. The quantitative estimate of drug-likeness (QED) is 0.399. The lowest BCUT2D eigenvalue weighted by Crippen LogP contribution is -2.34. The van der Waals surface area contributed by atoms with Crippen molar-refractivity contribution in [1.29, 1.82) is 0 Å². The number of rotatable bonds is 7. The van der Waals surface area contributed by atoms with Crippen LogP contribution in [0.15, 0.2) is 42.5 Å². The zero-order valence-electron chi connectivity index (χ0n) is 21.1. The smallest absolute Gasteiger partial charge is 0.255 e. The molecule has 0 unspecified atom stereocenters. The van der Waals surface area contributed by atoms with E-state index in [-0.39, 0.29) is 11.7 Å². The summed E-state index contributed by atoms with van der Waals surface area (Å²) in [7, 11) is 1.57. The molecule has 0 radical (unpaired) electrons. The summed E-state index contributed by atoms with van der Waals surface area (Å²) in [4.78, 5) is 31.3. The number of amides is 1. The highest BCUT2D eigenvalue weighted by atomic mass is 16.5. The fourth-order valence-electron chi connectivity index (χ4n) is 4.66. The molecule has 0 aliphatic carbocycles. The molecule has 2 saturated heterocycles. The van der Waals surface area contributed by atoms with Crippen molar-refractivity contribution in [3.8, 4) is 11.5 Å². The summed E-state index contributed by atoms with van der Waals surface area (Å²) in [6.07, 6.45) is 6.98. The number of nitrogens with one attached hydrogen (secondary N) is 2. The molecule has 1 amide bonds. The number of carbonyl (C=O) groups is 1. The number of ether oxygens (including phenoxy) is 1. The topological polar surface area (TPSA) is 116 Å². The average molecular weight is 504 g/mol. The van der Waals surface area contributed by atoms with Crippen molar-refractivity contribution in [2.45, 2.75) is 38.5 Å². The average Bonchev–Trinajstić information content (AvgIpc) is 2.95. The predicted octanol–water partition coefficient (Wildman–Crippen LogP) is 4.56. The van der Waals surface area contributed by atoms with Gasteiger partial charge in [-0.05, 0) is 74.9 Å². The third-order valence-electron chi connectivity index (χ3n) is 6.74. The Morgan fingerprint density at radius 2 is 1.43 bits per heavy atom. The van der Waals surface area contributed by atoms with Crippen molar-refractivity contribution in [3.05, 3.63) is 48.0 Å². The Kier molecular flexibility index (Phi) is 7.53. The summed E-state index contributed by atoms with van der Waals surface area (Å²) < 4.78 is 5.13. The minimum Gasteiger partial charge on any atom is -0.506 e. The Hall–Kier alpha value is -4.08. The fraction of sp³-hybridized carbons (Fsp3) is 0.407. The van der Waals surface area contributed by atoms with Gasteiger partial charge in [-0.15, -0.1) is 0 Å². The van der Waals surface area contributed by atoms with Crippen LogP contribution in [0, 0.1) is 0 Å². The lowest BCUT2D eigenvalue weighted by Gasteiger charge is -2.30. The summed E-state index contributed by atoms with van der Waals surface area (Å²) >= 11 is 0. The van der Waals surface area contributed by atoms with Gasteiger partial charge in [-0.3, -0.25) is 4.79 Å². The number of methoxy groups -OCH3 is 1. The molecule has 37 heavy (non-hydrogen) atoms. The van der Waals surface area contributed by atoms with Gasteiger partial charge in [0, 0.05) is 43.5 Å². The van der Waals surface area contributed by atoms with Gasteiger partial charge >= 0.3 is 0 Å². The molecule has 10 nitrogen and oxygen atoms in total. The van der Waals surface area contributed by atoms with E-state index in [1.165, 1.54) is 12.8 Å². The molecule has 1 aromatic heterocycles. The van der Waals surface area contributed by atoms with Gasteiger partial charge < -0.3 is 30.3 Å². The second kappa shape index (κ2) is 11.3. The van der Waals surface area contributed by atoms with Crippen LogP contribution in [0.5, 0.6) is 11.5 Å². The Bertz CT molecular complexity index is 1190. The number of phenolic OH excluding ortho intramolecular Hbond substituents is 1. The fourth-order valence-corrected chi connectivity index (χ4v) is 4.66. The molecule has 5 rings (SSSR count). The SMILES string of the molecule is COc1ccc(C(=O)Nc2ccc(Nc3nc(N4CCCCC4)nc(N4CCCCC4)n3)cc2O)cc1. The number of piperidine rings is 2. The number of aromatic hydroxyl groups is 1. The lowest BCUT2D eigenvalue weighted by molar-refractivity contribution is 0.102. The zero-order valence-corrected chi connectivity index (χ0v) is 21.1. The first-order valence-electron chi connectivity index (χ1n) is 12.9. The molecule has 2 fully saturated rings. The van der Waals surface area contributed by atoms with Gasteiger partial charge in [-0.25, -0.2) is 0 Å². The Balaban J connectivity index is 1.34. The van der Waals surface area contributed by atoms with Crippen LogP contribution < -0.4 is 25.2 Å². The lowest BCUT2D eigenvalue weighted by atomic mass is 10.1. The van der Waals surface area contributed by atoms with E-state index in [9.17, 15) is 9.90 Å². The summed E-state index contributed by atoms with van der Waals surface area (Å²) in [6, 6.07) is 11.7. The van der Waals surface area contributed by atoms with E-state index in [0.717, 1.165) is 51.9 Å². The molecule has 2 aliphatic rings. The molecule has 2 aromatic carbocycles. The number of hydrogen-bond acceptors (Lipinski definition) is 9. The van der Waals surface area contributed by atoms with E-state index in [1.807, 2.05) is 0 Å². The Morgan fingerprint density at radius 1 is 0.838 bits per heavy atom. The zero-order chi connectivity index (χ0) is 25.6. The maximum absolute atomic E-state index is 12.6. The van der Waals surface area contributed by atoms with Crippen LogP contribution in [0.3, 0.4) is 0 Å². The van der Waals surface area contributed by atoms with Gasteiger partial charge in [0.25, 0.3) is 5.91 Å². The van der Waals surface area contributed by atoms with Gasteiger partial charge in [0.15, 0.2) is 0 Å². The molecule has 3 aromatic rings. The van der Waals surface area contributed by atoms with Gasteiger partial charge in [-0.2, -0.15) is 15.0 Å². The second-order valence-electron chi connectivity index (χ2n) is 9.39. The number of nitrogens with zero attached hydrogens (tertiary/aromatic N) is 5. The number of anilines is 5. The molecule has 0 spiro atoms. The summed E-state index contributed by atoms with van der Waals surface area (Å²) in [5.74, 6) is 2.09. The predicted molar refractivity (Wildman–Crippen MR) is 144 cm³/mol. The highest BCUT2D eigenvalue weighted by Gasteiger charge is 2.20. The number of hydrogen-bond donors (Lipinski definition) is 3. The third-order valence-corrected chi connectivity index (χ3v) is 6.74. The highest BCUT2D eigenvalue weighted by molar-refractivity contribution is 6.05.